The Morgan fingerprint density at radius 3 is 2.12 bits per heavy atom. The fourth-order valence-corrected chi connectivity index (χ4v) is 7.70. The van der Waals surface area contributed by atoms with Gasteiger partial charge in [-0.2, -0.15) is 4.98 Å². The maximum atomic E-state index is 6.22. The lowest BCUT2D eigenvalue weighted by Crippen LogP contribution is -1.95. The molecule has 0 N–H and O–H groups in total. The lowest BCUT2D eigenvalue weighted by Gasteiger charge is -2.10. The van der Waals surface area contributed by atoms with Crippen LogP contribution in [0.15, 0.2) is 175 Å². The summed E-state index contributed by atoms with van der Waals surface area (Å²) < 4.78 is 13.1. The van der Waals surface area contributed by atoms with Gasteiger partial charge in [-0.15, -0.1) is 0 Å². The van der Waals surface area contributed by atoms with Crippen molar-refractivity contribution in [2.45, 2.75) is 6.92 Å². The van der Waals surface area contributed by atoms with Gasteiger partial charge in [0.1, 0.15) is 11.1 Å². The lowest BCUT2D eigenvalue weighted by atomic mass is 10.0. The molecule has 0 bridgehead atoms. The number of allylic oxidation sites excluding steroid dienone is 5. The molecule has 0 amide bonds. The largest absolute Gasteiger partial charge is 0.436 e. The summed E-state index contributed by atoms with van der Waals surface area (Å²) in [5.41, 5.74) is 13.8. The molecule has 10 rings (SSSR count). The lowest BCUT2D eigenvalue weighted by molar-refractivity contribution is 0.656. The van der Waals surface area contributed by atoms with Gasteiger partial charge in [-0.3, -0.25) is 8.97 Å². The van der Waals surface area contributed by atoms with Crippen LogP contribution in [0.3, 0.4) is 0 Å². The maximum absolute atomic E-state index is 6.22. The smallest absolute Gasteiger partial charge is 0.248 e. The number of fused-ring (bicyclic) bond motifs is 10. The number of nitrogens with zero attached hydrogens (tertiary/aromatic N) is 4. The number of hydrogen-bond acceptors (Lipinski definition) is 2. The summed E-state index contributed by atoms with van der Waals surface area (Å²) in [6, 6.07) is 49.7. The third-order valence-electron chi connectivity index (χ3n) is 10.0. The predicted molar refractivity (Wildman–Crippen MR) is 212 cm³/mol. The van der Waals surface area contributed by atoms with E-state index in [2.05, 4.69) is 161 Å². The van der Waals surface area contributed by atoms with Crippen molar-refractivity contribution in [3.63, 3.8) is 0 Å². The number of para-hydroxylation sites is 3. The summed E-state index contributed by atoms with van der Waals surface area (Å²) in [5.74, 6) is 0.829. The van der Waals surface area contributed by atoms with Gasteiger partial charge in [0.25, 0.3) is 0 Å². The molecule has 6 aromatic carbocycles. The standard InChI is InChI=1S/C46H32N4O/c1-3-5-13-30(4-2)31-20-24-35(25-21-31)48-39-18-11-9-16-36(39)38-28-32(22-26-40(38)48)33-23-27-41-42(29-33)49(34-14-7-6-8-15-34)46-47-45-44(50(41)46)37-17-10-12-19-43(37)51-45/h3-29H,1H2,2H3/b13-5-,30-4+. The third-order valence-corrected chi connectivity index (χ3v) is 10.0. The van der Waals surface area contributed by atoms with Gasteiger partial charge in [0.15, 0.2) is 0 Å². The quantitative estimate of drug-likeness (QED) is 0.167. The van der Waals surface area contributed by atoms with E-state index in [4.69, 9.17) is 9.40 Å². The van der Waals surface area contributed by atoms with Gasteiger partial charge in [0.2, 0.25) is 11.5 Å². The molecular formula is C46H32N4O. The van der Waals surface area contributed by atoms with E-state index in [9.17, 15) is 0 Å². The fourth-order valence-electron chi connectivity index (χ4n) is 7.70. The van der Waals surface area contributed by atoms with E-state index in [1.165, 1.54) is 32.9 Å². The molecule has 0 saturated heterocycles. The second kappa shape index (κ2) is 11.4. The van der Waals surface area contributed by atoms with Crippen molar-refractivity contribution in [2.75, 3.05) is 0 Å². The molecule has 0 spiro atoms. The van der Waals surface area contributed by atoms with Crippen LogP contribution in [0.25, 0.3) is 88.9 Å². The van der Waals surface area contributed by atoms with Crippen LogP contribution in [0.4, 0.5) is 0 Å². The van der Waals surface area contributed by atoms with Crippen molar-refractivity contribution in [2.24, 2.45) is 0 Å². The van der Waals surface area contributed by atoms with Gasteiger partial charge in [-0.1, -0.05) is 104 Å². The highest BCUT2D eigenvalue weighted by Gasteiger charge is 2.22. The second-order valence-electron chi connectivity index (χ2n) is 12.8. The molecule has 51 heavy (non-hydrogen) atoms. The Balaban J connectivity index is 1.15. The first kappa shape index (κ1) is 29.1. The molecule has 4 aromatic heterocycles. The number of furan rings is 1. The number of imidazole rings is 2. The Morgan fingerprint density at radius 1 is 0.627 bits per heavy atom. The van der Waals surface area contributed by atoms with Gasteiger partial charge >= 0.3 is 0 Å². The van der Waals surface area contributed by atoms with Gasteiger partial charge < -0.3 is 8.98 Å². The number of benzene rings is 6. The zero-order chi connectivity index (χ0) is 34.1. The first-order chi connectivity index (χ1) is 25.2. The summed E-state index contributed by atoms with van der Waals surface area (Å²) in [4.78, 5) is 5.05. The van der Waals surface area contributed by atoms with Gasteiger partial charge in [0.05, 0.1) is 22.1 Å². The molecule has 0 fully saturated rings. The van der Waals surface area contributed by atoms with Crippen LogP contribution < -0.4 is 0 Å². The number of rotatable bonds is 6. The molecule has 0 aliphatic carbocycles. The highest BCUT2D eigenvalue weighted by Crippen LogP contribution is 2.38. The molecule has 0 saturated carbocycles. The second-order valence-corrected chi connectivity index (χ2v) is 12.8. The van der Waals surface area contributed by atoms with Crippen molar-refractivity contribution in [3.8, 4) is 22.5 Å². The van der Waals surface area contributed by atoms with Crippen molar-refractivity contribution in [3.05, 3.63) is 176 Å². The molecular weight excluding hydrogens is 625 g/mol. The van der Waals surface area contributed by atoms with E-state index in [1.54, 1.807) is 6.08 Å². The minimum Gasteiger partial charge on any atom is -0.436 e. The van der Waals surface area contributed by atoms with Gasteiger partial charge in [0, 0.05) is 27.5 Å². The van der Waals surface area contributed by atoms with Crippen LogP contribution in [0.2, 0.25) is 0 Å². The van der Waals surface area contributed by atoms with Crippen LogP contribution in [-0.4, -0.2) is 18.5 Å². The van der Waals surface area contributed by atoms with E-state index in [1.807, 2.05) is 24.3 Å². The summed E-state index contributed by atoms with van der Waals surface area (Å²) in [7, 11) is 0. The van der Waals surface area contributed by atoms with Gasteiger partial charge in [-0.05, 0) is 95.9 Å². The number of aromatic nitrogens is 4. The molecule has 0 radical (unpaired) electrons. The molecule has 0 unspecified atom stereocenters. The Labute approximate surface area is 293 Å². The van der Waals surface area contributed by atoms with Crippen molar-refractivity contribution >= 4 is 66.4 Å². The molecule has 0 aliphatic rings. The number of hydrogen-bond donors (Lipinski definition) is 0. The van der Waals surface area contributed by atoms with Crippen LogP contribution in [0.1, 0.15) is 12.5 Å². The van der Waals surface area contributed by atoms with Crippen molar-refractivity contribution in [1.29, 1.82) is 0 Å². The van der Waals surface area contributed by atoms with Crippen LogP contribution in [0, 0.1) is 0 Å². The zero-order valence-electron chi connectivity index (χ0n) is 28.0. The Morgan fingerprint density at radius 2 is 1.31 bits per heavy atom. The first-order valence-corrected chi connectivity index (χ1v) is 17.2. The molecule has 242 valence electrons. The van der Waals surface area contributed by atoms with Crippen LogP contribution in [0.5, 0.6) is 0 Å². The molecule has 4 heterocycles. The molecule has 5 nitrogen and oxygen atoms in total. The monoisotopic (exact) mass is 656 g/mol. The molecule has 0 atom stereocenters. The Bertz CT molecular complexity index is 3040. The molecule has 5 heteroatoms. The summed E-state index contributed by atoms with van der Waals surface area (Å²) >= 11 is 0. The zero-order valence-corrected chi connectivity index (χ0v) is 28.0. The predicted octanol–water partition coefficient (Wildman–Crippen LogP) is 12.1. The molecule has 10 aromatic rings. The minimum atomic E-state index is 0.644. The SMILES string of the molecule is C=C/C=C\C(=C/C)c1ccc(-n2c3ccccc3c3cc(-c4ccc5c(c4)n(-c4ccccc4)c4nc6oc7ccccc7c6n54)ccc32)cc1. The van der Waals surface area contributed by atoms with E-state index < -0.39 is 0 Å². The van der Waals surface area contributed by atoms with E-state index in [0.29, 0.717) is 5.71 Å². The van der Waals surface area contributed by atoms with Crippen LogP contribution in [-0.2, 0) is 0 Å². The Kier molecular flexibility index (Phi) is 6.48. The van der Waals surface area contributed by atoms with Crippen molar-refractivity contribution < 1.29 is 4.42 Å². The minimum absolute atomic E-state index is 0.644. The average molecular weight is 657 g/mol. The Hall–Kier alpha value is -6.85. The average Bonchev–Trinajstić information content (AvgIpc) is 3.91. The van der Waals surface area contributed by atoms with E-state index in [-0.39, 0.29) is 0 Å². The fraction of sp³-hybridized carbons (Fsp3) is 0.0217. The van der Waals surface area contributed by atoms with Crippen LogP contribution >= 0.6 is 0 Å². The summed E-state index contributed by atoms with van der Waals surface area (Å²) in [6.45, 7) is 5.89. The summed E-state index contributed by atoms with van der Waals surface area (Å²) in [6.07, 6.45) is 8.00. The van der Waals surface area contributed by atoms with Crippen molar-refractivity contribution in [1.82, 2.24) is 18.5 Å². The highest BCUT2D eigenvalue weighted by atomic mass is 16.3. The first-order valence-electron chi connectivity index (χ1n) is 17.2. The highest BCUT2D eigenvalue weighted by molar-refractivity contribution is 6.11. The third kappa shape index (κ3) is 4.38. The normalized spacial score (nSPS) is 12.5. The topological polar surface area (TPSA) is 40.3 Å². The maximum Gasteiger partial charge on any atom is 0.248 e. The van der Waals surface area contributed by atoms with Gasteiger partial charge in [-0.25, -0.2) is 0 Å². The van der Waals surface area contributed by atoms with E-state index in [0.717, 1.165) is 55.8 Å². The molecule has 0 aliphatic heterocycles. The summed E-state index contributed by atoms with van der Waals surface area (Å²) in [5, 5.41) is 3.50. The van der Waals surface area contributed by atoms with E-state index >= 15 is 0 Å².